The molecule has 0 radical (unpaired) electrons. The zero-order valence-electron chi connectivity index (χ0n) is 15.9. The minimum atomic E-state index is -3.27. The van der Waals surface area contributed by atoms with Crippen molar-refractivity contribution in [2.24, 2.45) is 5.41 Å². The van der Waals surface area contributed by atoms with Crippen LogP contribution in [0.5, 0.6) is 0 Å². The number of hydrogen-bond acceptors (Lipinski definition) is 4. The molecule has 0 bridgehead atoms. The highest BCUT2D eigenvalue weighted by molar-refractivity contribution is 7.89. The molecule has 1 aliphatic heterocycles. The molecule has 1 atom stereocenters. The molecule has 0 aromatic heterocycles. The second kappa shape index (κ2) is 8.62. The van der Waals surface area contributed by atoms with E-state index in [0.29, 0.717) is 26.2 Å². The van der Waals surface area contributed by atoms with Gasteiger partial charge in [0.2, 0.25) is 10.0 Å². The van der Waals surface area contributed by atoms with E-state index < -0.39 is 10.0 Å². The predicted molar refractivity (Wildman–Crippen MR) is 102 cm³/mol. The summed E-state index contributed by atoms with van der Waals surface area (Å²) in [6, 6.07) is 8.35. The number of rotatable bonds is 7. The lowest BCUT2D eigenvalue weighted by Crippen LogP contribution is -2.44. The van der Waals surface area contributed by atoms with Crippen molar-refractivity contribution >= 4 is 10.0 Å². The van der Waals surface area contributed by atoms with E-state index in [2.05, 4.69) is 55.5 Å². The van der Waals surface area contributed by atoms with Gasteiger partial charge in [0.05, 0.1) is 19.0 Å². The Morgan fingerprint density at radius 3 is 2.52 bits per heavy atom. The molecule has 1 saturated heterocycles. The second-order valence-electron chi connectivity index (χ2n) is 8.06. The summed E-state index contributed by atoms with van der Waals surface area (Å²) in [5, 5.41) is 0. The SMILES string of the molecule is Cc1cccc(C(CNS(=O)(=O)CCC(C)(C)C)N2CCOCC2)c1. The van der Waals surface area contributed by atoms with Gasteiger partial charge in [-0.15, -0.1) is 0 Å². The summed E-state index contributed by atoms with van der Waals surface area (Å²) >= 11 is 0. The highest BCUT2D eigenvalue weighted by Crippen LogP contribution is 2.23. The quantitative estimate of drug-likeness (QED) is 0.804. The van der Waals surface area contributed by atoms with Gasteiger partial charge < -0.3 is 4.74 Å². The van der Waals surface area contributed by atoms with Gasteiger partial charge in [-0.25, -0.2) is 13.1 Å². The first kappa shape index (κ1) is 20.4. The van der Waals surface area contributed by atoms with Gasteiger partial charge in [0.1, 0.15) is 0 Å². The molecule has 0 saturated carbocycles. The summed E-state index contributed by atoms with van der Waals surface area (Å²) in [7, 11) is -3.27. The Bertz CT molecular complexity index is 647. The van der Waals surface area contributed by atoms with Crippen LogP contribution in [-0.2, 0) is 14.8 Å². The van der Waals surface area contributed by atoms with Crippen LogP contribution in [0.4, 0.5) is 0 Å². The third-order valence-corrected chi connectivity index (χ3v) is 5.88. The van der Waals surface area contributed by atoms with Crippen LogP contribution in [0.1, 0.15) is 44.4 Å². The topological polar surface area (TPSA) is 58.6 Å². The number of nitrogens with one attached hydrogen (secondary N) is 1. The number of nitrogens with zero attached hydrogens (tertiary/aromatic N) is 1. The van der Waals surface area contributed by atoms with E-state index in [1.165, 1.54) is 5.56 Å². The number of benzene rings is 1. The summed E-state index contributed by atoms with van der Waals surface area (Å²) in [6.45, 7) is 11.7. The van der Waals surface area contributed by atoms with Crippen molar-refractivity contribution in [2.45, 2.75) is 40.2 Å². The summed E-state index contributed by atoms with van der Waals surface area (Å²) in [5.74, 6) is 0.167. The molecule has 0 amide bonds. The number of aryl methyl sites for hydroxylation is 1. The van der Waals surface area contributed by atoms with E-state index in [9.17, 15) is 8.42 Å². The molecule has 1 N–H and O–H groups in total. The molecule has 1 fully saturated rings. The van der Waals surface area contributed by atoms with E-state index in [-0.39, 0.29) is 17.2 Å². The van der Waals surface area contributed by atoms with Crippen molar-refractivity contribution in [2.75, 3.05) is 38.6 Å². The van der Waals surface area contributed by atoms with E-state index >= 15 is 0 Å². The van der Waals surface area contributed by atoms with Crippen LogP contribution in [-0.4, -0.2) is 51.9 Å². The molecule has 1 aliphatic rings. The Morgan fingerprint density at radius 1 is 1.24 bits per heavy atom. The minimum absolute atomic E-state index is 0.00883. The zero-order chi connectivity index (χ0) is 18.5. The predicted octanol–water partition coefficient (Wildman–Crippen LogP) is 2.72. The molecule has 0 spiro atoms. The van der Waals surface area contributed by atoms with Crippen LogP contribution < -0.4 is 4.72 Å². The maximum Gasteiger partial charge on any atom is 0.211 e. The molecular formula is C19H32N2O3S. The molecule has 6 heteroatoms. The summed E-state index contributed by atoms with van der Waals surface area (Å²) in [4.78, 5) is 2.31. The van der Waals surface area contributed by atoms with Gasteiger partial charge in [-0.2, -0.15) is 0 Å². The van der Waals surface area contributed by atoms with Crippen LogP contribution in [0.15, 0.2) is 24.3 Å². The van der Waals surface area contributed by atoms with Gasteiger partial charge in [-0.3, -0.25) is 4.90 Å². The summed E-state index contributed by atoms with van der Waals surface area (Å²) < 4.78 is 33.1. The monoisotopic (exact) mass is 368 g/mol. The van der Waals surface area contributed by atoms with Crippen LogP contribution in [0, 0.1) is 12.3 Å². The molecule has 1 aromatic rings. The molecule has 1 heterocycles. The summed E-state index contributed by atoms with van der Waals surface area (Å²) in [6.07, 6.45) is 0.648. The van der Waals surface area contributed by atoms with Gasteiger partial charge in [-0.1, -0.05) is 50.6 Å². The van der Waals surface area contributed by atoms with Crippen molar-refractivity contribution in [3.63, 3.8) is 0 Å². The molecular weight excluding hydrogens is 336 g/mol. The molecule has 5 nitrogen and oxygen atoms in total. The highest BCUT2D eigenvalue weighted by atomic mass is 32.2. The lowest BCUT2D eigenvalue weighted by molar-refractivity contribution is 0.0172. The van der Waals surface area contributed by atoms with Crippen LogP contribution >= 0.6 is 0 Å². The van der Waals surface area contributed by atoms with Gasteiger partial charge in [-0.05, 0) is 24.3 Å². The average Bonchev–Trinajstić information content (AvgIpc) is 2.54. The van der Waals surface area contributed by atoms with Crippen LogP contribution in [0.3, 0.4) is 0 Å². The lowest BCUT2D eigenvalue weighted by Gasteiger charge is -2.35. The normalized spacial score (nSPS) is 18.2. The van der Waals surface area contributed by atoms with Crippen molar-refractivity contribution in [1.29, 1.82) is 0 Å². The fourth-order valence-corrected chi connectivity index (χ4v) is 4.38. The van der Waals surface area contributed by atoms with Crippen LogP contribution in [0.2, 0.25) is 0 Å². The van der Waals surface area contributed by atoms with Crippen LogP contribution in [0.25, 0.3) is 0 Å². The lowest BCUT2D eigenvalue weighted by atomic mass is 9.94. The second-order valence-corrected chi connectivity index (χ2v) is 9.98. The number of ether oxygens (including phenoxy) is 1. The van der Waals surface area contributed by atoms with Gasteiger partial charge in [0, 0.05) is 25.7 Å². The Labute approximate surface area is 152 Å². The van der Waals surface area contributed by atoms with E-state index in [0.717, 1.165) is 18.7 Å². The smallest absolute Gasteiger partial charge is 0.211 e. The van der Waals surface area contributed by atoms with Crippen molar-refractivity contribution < 1.29 is 13.2 Å². The first-order valence-electron chi connectivity index (χ1n) is 9.02. The fourth-order valence-electron chi connectivity index (χ4n) is 2.94. The molecule has 0 aliphatic carbocycles. The fraction of sp³-hybridized carbons (Fsp3) is 0.684. The number of sulfonamides is 1. The minimum Gasteiger partial charge on any atom is -0.379 e. The zero-order valence-corrected chi connectivity index (χ0v) is 16.7. The van der Waals surface area contributed by atoms with Gasteiger partial charge in [0.15, 0.2) is 0 Å². The largest absolute Gasteiger partial charge is 0.379 e. The standard InChI is InChI=1S/C19H32N2O3S/c1-16-6-5-7-17(14-16)18(21-9-11-24-12-10-21)15-20-25(22,23)13-8-19(2,3)4/h5-7,14,18,20H,8-13,15H2,1-4H3. The molecule has 1 unspecified atom stereocenters. The summed E-state index contributed by atoms with van der Waals surface area (Å²) in [5.41, 5.74) is 2.35. The van der Waals surface area contributed by atoms with Crippen molar-refractivity contribution in [1.82, 2.24) is 9.62 Å². The molecule has 2 rings (SSSR count). The number of morpholine rings is 1. The Balaban J connectivity index is 2.08. The van der Waals surface area contributed by atoms with Crippen molar-refractivity contribution in [3.05, 3.63) is 35.4 Å². The Morgan fingerprint density at radius 2 is 1.92 bits per heavy atom. The Kier molecular flexibility index (Phi) is 7.02. The molecule has 142 valence electrons. The van der Waals surface area contributed by atoms with Gasteiger partial charge >= 0.3 is 0 Å². The third-order valence-electron chi connectivity index (χ3n) is 4.53. The highest BCUT2D eigenvalue weighted by Gasteiger charge is 2.25. The maximum atomic E-state index is 12.4. The van der Waals surface area contributed by atoms with E-state index in [1.807, 2.05) is 6.07 Å². The van der Waals surface area contributed by atoms with Gasteiger partial charge in [0.25, 0.3) is 0 Å². The molecule has 1 aromatic carbocycles. The van der Waals surface area contributed by atoms with E-state index in [4.69, 9.17) is 4.74 Å². The molecule has 25 heavy (non-hydrogen) atoms. The Hall–Kier alpha value is -0.950. The average molecular weight is 369 g/mol. The van der Waals surface area contributed by atoms with Crippen molar-refractivity contribution in [3.8, 4) is 0 Å². The number of hydrogen-bond donors (Lipinski definition) is 1. The third kappa shape index (κ3) is 7.05. The first-order valence-corrected chi connectivity index (χ1v) is 10.7. The van der Waals surface area contributed by atoms with E-state index in [1.54, 1.807) is 0 Å². The maximum absolute atomic E-state index is 12.4. The first-order chi connectivity index (χ1) is 11.7.